The van der Waals surface area contributed by atoms with Crippen molar-refractivity contribution in [2.75, 3.05) is 5.73 Å². The molecule has 2 N–H and O–H groups in total. The summed E-state index contributed by atoms with van der Waals surface area (Å²) >= 11 is 0. The highest BCUT2D eigenvalue weighted by Crippen LogP contribution is 2.13. The number of anilines is 1. The van der Waals surface area contributed by atoms with E-state index < -0.39 is 0 Å². The third-order valence-corrected chi connectivity index (χ3v) is 2.28. The van der Waals surface area contributed by atoms with Gasteiger partial charge in [-0.05, 0) is 31.0 Å². The monoisotopic (exact) mass is 202 g/mol. The molecule has 0 aliphatic carbocycles. The smallest absolute Gasteiger partial charge is 0.153 e. The predicted octanol–water partition coefficient (Wildman–Crippen LogP) is 1.72. The average Bonchev–Trinajstić information content (AvgIpc) is 2.59. The molecule has 0 aliphatic rings. The highest BCUT2D eigenvalue weighted by atomic mass is 15.3. The molecular weight excluding hydrogens is 188 g/mol. The van der Waals surface area contributed by atoms with Gasteiger partial charge >= 0.3 is 0 Å². The molecule has 78 valence electrons. The van der Waals surface area contributed by atoms with Gasteiger partial charge in [0.15, 0.2) is 5.82 Å². The largest absolute Gasteiger partial charge is 0.382 e. The Balaban J connectivity index is 2.53. The minimum Gasteiger partial charge on any atom is -0.382 e. The normalized spacial score (nSPS) is 10.5. The molecule has 0 radical (unpaired) electrons. The van der Waals surface area contributed by atoms with E-state index in [1.807, 2.05) is 25.1 Å². The van der Waals surface area contributed by atoms with Crippen LogP contribution in [0.5, 0.6) is 0 Å². The molecule has 0 unspecified atom stereocenters. The fraction of sp³-hybridized carbons (Fsp3) is 0.273. The van der Waals surface area contributed by atoms with Gasteiger partial charge in [0.25, 0.3) is 0 Å². The van der Waals surface area contributed by atoms with Gasteiger partial charge in [-0.3, -0.25) is 0 Å². The molecule has 0 atom stereocenters. The molecule has 0 fully saturated rings. The zero-order valence-corrected chi connectivity index (χ0v) is 8.94. The van der Waals surface area contributed by atoms with E-state index in [1.54, 1.807) is 10.9 Å². The fourth-order valence-electron chi connectivity index (χ4n) is 1.53. The van der Waals surface area contributed by atoms with Gasteiger partial charge < -0.3 is 5.73 Å². The molecule has 0 spiro atoms. The molecular formula is C11H14N4. The van der Waals surface area contributed by atoms with Gasteiger partial charge in [-0.15, -0.1) is 5.10 Å². The molecule has 4 nitrogen and oxygen atoms in total. The summed E-state index contributed by atoms with van der Waals surface area (Å²) in [5.41, 5.74) is 7.91. The van der Waals surface area contributed by atoms with Crippen molar-refractivity contribution in [1.29, 1.82) is 0 Å². The number of nitrogens with zero attached hydrogens (tertiary/aromatic N) is 3. The van der Waals surface area contributed by atoms with Crippen LogP contribution < -0.4 is 5.73 Å². The Labute approximate surface area is 88.8 Å². The van der Waals surface area contributed by atoms with Crippen molar-refractivity contribution in [1.82, 2.24) is 14.8 Å². The highest BCUT2D eigenvalue weighted by molar-refractivity contribution is 5.36. The lowest BCUT2D eigenvalue weighted by Gasteiger charge is -2.04. The number of pyridine rings is 1. The van der Waals surface area contributed by atoms with Crippen LogP contribution in [0.15, 0.2) is 24.4 Å². The molecule has 2 rings (SSSR count). The topological polar surface area (TPSA) is 56.7 Å². The molecule has 2 aromatic heterocycles. The Morgan fingerprint density at radius 1 is 1.40 bits per heavy atom. The van der Waals surface area contributed by atoms with Gasteiger partial charge in [0.1, 0.15) is 5.82 Å². The van der Waals surface area contributed by atoms with Crippen LogP contribution in [0.25, 0.3) is 5.82 Å². The molecule has 0 amide bonds. The highest BCUT2D eigenvalue weighted by Gasteiger charge is 2.06. The van der Waals surface area contributed by atoms with Crippen LogP contribution in [-0.4, -0.2) is 14.8 Å². The van der Waals surface area contributed by atoms with E-state index in [2.05, 4.69) is 17.0 Å². The van der Waals surface area contributed by atoms with E-state index in [0.717, 1.165) is 23.5 Å². The number of nitrogen functional groups attached to an aromatic ring is 1. The van der Waals surface area contributed by atoms with Crippen molar-refractivity contribution in [3.05, 3.63) is 35.7 Å². The minimum atomic E-state index is 0.537. The van der Waals surface area contributed by atoms with Crippen molar-refractivity contribution >= 4 is 5.82 Å². The Bertz CT molecular complexity index is 473. The van der Waals surface area contributed by atoms with Crippen LogP contribution in [0, 0.1) is 6.92 Å². The lowest BCUT2D eigenvalue weighted by atomic mass is 10.3. The second-order valence-electron chi connectivity index (χ2n) is 3.52. The summed E-state index contributed by atoms with van der Waals surface area (Å²) in [5, 5.41) is 4.22. The Kier molecular flexibility index (Phi) is 2.41. The molecule has 2 heterocycles. The quantitative estimate of drug-likeness (QED) is 0.806. The van der Waals surface area contributed by atoms with Crippen LogP contribution in [0.2, 0.25) is 0 Å². The SMILES string of the molecule is CCc1cc(N)nn1-c1cc(C)ccn1. The predicted molar refractivity (Wildman–Crippen MR) is 59.9 cm³/mol. The molecule has 2 aromatic rings. The molecule has 0 saturated heterocycles. The third-order valence-electron chi connectivity index (χ3n) is 2.28. The molecule has 15 heavy (non-hydrogen) atoms. The summed E-state index contributed by atoms with van der Waals surface area (Å²) in [5.74, 6) is 1.36. The van der Waals surface area contributed by atoms with E-state index in [1.165, 1.54) is 0 Å². The number of aromatic nitrogens is 3. The van der Waals surface area contributed by atoms with Crippen molar-refractivity contribution in [3.8, 4) is 5.82 Å². The molecule has 4 heteroatoms. The van der Waals surface area contributed by atoms with E-state index in [-0.39, 0.29) is 0 Å². The first kappa shape index (κ1) is 9.71. The first-order chi connectivity index (χ1) is 7.20. The van der Waals surface area contributed by atoms with Crippen LogP contribution in [0.3, 0.4) is 0 Å². The summed E-state index contributed by atoms with van der Waals surface area (Å²) in [6.45, 7) is 4.10. The number of aryl methyl sites for hydroxylation is 2. The summed E-state index contributed by atoms with van der Waals surface area (Å²) in [6.07, 6.45) is 2.67. The second kappa shape index (κ2) is 3.73. The maximum atomic E-state index is 5.67. The average molecular weight is 202 g/mol. The maximum absolute atomic E-state index is 5.67. The van der Waals surface area contributed by atoms with Crippen LogP contribution in [-0.2, 0) is 6.42 Å². The third kappa shape index (κ3) is 1.83. The lowest BCUT2D eigenvalue weighted by molar-refractivity contribution is 0.791. The van der Waals surface area contributed by atoms with Crippen molar-refractivity contribution < 1.29 is 0 Å². The minimum absolute atomic E-state index is 0.537. The zero-order valence-electron chi connectivity index (χ0n) is 8.94. The number of rotatable bonds is 2. The number of hydrogen-bond donors (Lipinski definition) is 1. The second-order valence-corrected chi connectivity index (χ2v) is 3.52. The van der Waals surface area contributed by atoms with Gasteiger partial charge in [0.2, 0.25) is 0 Å². The van der Waals surface area contributed by atoms with E-state index in [9.17, 15) is 0 Å². The van der Waals surface area contributed by atoms with Gasteiger partial charge in [0, 0.05) is 18.0 Å². The zero-order chi connectivity index (χ0) is 10.8. The van der Waals surface area contributed by atoms with Gasteiger partial charge in [-0.25, -0.2) is 9.67 Å². The van der Waals surface area contributed by atoms with Crippen LogP contribution >= 0.6 is 0 Å². The van der Waals surface area contributed by atoms with Crippen LogP contribution in [0.4, 0.5) is 5.82 Å². The van der Waals surface area contributed by atoms with Gasteiger partial charge in [-0.1, -0.05) is 6.92 Å². The van der Waals surface area contributed by atoms with Gasteiger partial charge in [0.05, 0.1) is 0 Å². The molecule has 0 bridgehead atoms. The van der Waals surface area contributed by atoms with Crippen molar-refractivity contribution in [3.63, 3.8) is 0 Å². The molecule has 0 saturated carbocycles. The fourth-order valence-corrected chi connectivity index (χ4v) is 1.53. The summed E-state index contributed by atoms with van der Waals surface area (Å²) in [6, 6.07) is 5.83. The Morgan fingerprint density at radius 2 is 2.20 bits per heavy atom. The number of hydrogen-bond acceptors (Lipinski definition) is 3. The molecule has 0 aliphatic heterocycles. The standard InChI is InChI=1S/C11H14N4/c1-3-9-7-10(12)14-15(9)11-6-8(2)4-5-13-11/h4-7H,3H2,1-2H3,(H2,12,14). The van der Waals surface area contributed by atoms with Gasteiger partial charge in [-0.2, -0.15) is 0 Å². The maximum Gasteiger partial charge on any atom is 0.153 e. The summed E-state index contributed by atoms with van der Waals surface area (Å²) < 4.78 is 1.79. The first-order valence-electron chi connectivity index (χ1n) is 4.98. The van der Waals surface area contributed by atoms with Crippen LogP contribution in [0.1, 0.15) is 18.2 Å². The van der Waals surface area contributed by atoms with E-state index in [4.69, 9.17) is 5.73 Å². The number of nitrogens with two attached hydrogens (primary N) is 1. The first-order valence-corrected chi connectivity index (χ1v) is 4.98. The molecule has 0 aromatic carbocycles. The van der Waals surface area contributed by atoms with Crippen molar-refractivity contribution in [2.24, 2.45) is 0 Å². The Hall–Kier alpha value is -1.84. The summed E-state index contributed by atoms with van der Waals surface area (Å²) in [7, 11) is 0. The van der Waals surface area contributed by atoms with E-state index >= 15 is 0 Å². The lowest BCUT2D eigenvalue weighted by Crippen LogP contribution is -2.04. The van der Waals surface area contributed by atoms with E-state index in [0.29, 0.717) is 5.82 Å². The van der Waals surface area contributed by atoms with Crippen molar-refractivity contribution in [2.45, 2.75) is 20.3 Å². The summed E-state index contributed by atoms with van der Waals surface area (Å²) in [4.78, 5) is 4.28. The Morgan fingerprint density at radius 3 is 2.87 bits per heavy atom.